The molecular formula is C15H13BrN2O3. The van der Waals surface area contributed by atoms with Crippen LogP contribution < -0.4 is 5.32 Å². The van der Waals surface area contributed by atoms with E-state index in [4.69, 9.17) is 5.11 Å². The van der Waals surface area contributed by atoms with Gasteiger partial charge in [0.15, 0.2) is 0 Å². The van der Waals surface area contributed by atoms with Crippen molar-refractivity contribution in [1.29, 1.82) is 0 Å². The Morgan fingerprint density at radius 3 is 2.33 bits per heavy atom. The Labute approximate surface area is 130 Å². The number of benzene rings is 1. The predicted molar refractivity (Wildman–Crippen MR) is 81.4 cm³/mol. The summed E-state index contributed by atoms with van der Waals surface area (Å²) in [4.78, 5) is 26.6. The molecular weight excluding hydrogens is 336 g/mol. The van der Waals surface area contributed by atoms with Gasteiger partial charge in [-0.2, -0.15) is 0 Å². The average molecular weight is 349 g/mol. The van der Waals surface area contributed by atoms with Crippen molar-refractivity contribution >= 4 is 27.8 Å². The van der Waals surface area contributed by atoms with Crippen molar-refractivity contribution in [1.82, 2.24) is 10.3 Å². The van der Waals surface area contributed by atoms with Crippen molar-refractivity contribution in [3.63, 3.8) is 0 Å². The first-order valence-electron chi connectivity index (χ1n) is 6.28. The second kappa shape index (κ2) is 6.99. The monoisotopic (exact) mass is 348 g/mol. The average Bonchev–Trinajstić information content (AvgIpc) is 2.48. The normalized spacial score (nSPS) is 10.1. The fraction of sp³-hybridized carbons (Fsp3) is 0.133. The lowest BCUT2D eigenvalue weighted by Crippen LogP contribution is -2.25. The van der Waals surface area contributed by atoms with Gasteiger partial charge < -0.3 is 10.4 Å². The highest BCUT2D eigenvalue weighted by atomic mass is 79.9. The Bertz CT molecular complexity index is 639. The predicted octanol–water partition coefficient (Wildman–Crippen LogP) is 2.51. The van der Waals surface area contributed by atoms with E-state index >= 15 is 0 Å². The maximum atomic E-state index is 11.8. The number of hydrogen-bond acceptors (Lipinski definition) is 3. The van der Waals surface area contributed by atoms with E-state index in [1.54, 1.807) is 36.4 Å². The zero-order valence-electron chi connectivity index (χ0n) is 11.0. The van der Waals surface area contributed by atoms with Crippen LogP contribution in [-0.4, -0.2) is 28.5 Å². The number of carboxylic acids is 1. The SMILES string of the molecule is O=C(O)c1ccc(CCNC(=O)c2ccc(Br)nc2)cc1. The van der Waals surface area contributed by atoms with E-state index in [0.717, 1.165) is 5.56 Å². The molecule has 1 amide bonds. The van der Waals surface area contributed by atoms with Gasteiger partial charge in [0.1, 0.15) is 4.60 Å². The van der Waals surface area contributed by atoms with E-state index in [2.05, 4.69) is 26.2 Å². The van der Waals surface area contributed by atoms with Gasteiger partial charge in [-0.15, -0.1) is 0 Å². The summed E-state index contributed by atoms with van der Waals surface area (Å²) in [7, 11) is 0. The first kappa shape index (κ1) is 15.2. The fourth-order valence-corrected chi connectivity index (χ4v) is 1.98. The topological polar surface area (TPSA) is 79.3 Å². The number of hydrogen-bond donors (Lipinski definition) is 2. The zero-order valence-corrected chi connectivity index (χ0v) is 12.6. The first-order valence-corrected chi connectivity index (χ1v) is 7.07. The molecule has 0 unspecified atom stereocenters. The number of carbonyl (C=O) groups is 2. The number of halogens is 1. The smallest absolute Gasteiger partial charge is 0.335 e. The third kappa shape index (κ3) is 4.39. The van der Waals surface area contributed by atoms with Gasteiger partial charge in [-0.05, 0) is 52.2 Å². The molecule has 108 valence electrons. The molecule has 1 heterocycles. The van der Waals surface area contributed by atoms with E-state index in [9.17, 15) is 9.59 Å². The van der Waals surface area contributed by atoms with E-state index in [-0.39, 0.29) is 11.5 Å². The summed E-state index contributed by atoms with van der Waals surface area (Å²) in [6, 6.07) is 10.00. The maximum Gasteiger partial charge on any atom is 0.335 e. The highest BCUT2D eigenvalue weighted by molar-refractivity contribution is 9.10. The zero-order chi connectivity index (χ0) is 15.2. The standard InChI is InChI=1S/C15H13BrN2O3/c16-13-6-5-12(9-18-13)14(19)17-8-7-10-1-3-11(4-2-10)15(20)21/h1-6,9H,7-8H2,(H,17,19)(H,20,21). The molecule has 6 heteroatoms. The molecule has 0 aliphatic rings. The van der Waals surface area contributed by atoms with Crippen LogP contribution in [0.15, 0.2) is 47.2 Å². The Morgan fingerprint density at radius 1 is 1.10 bits per heavy atom. The van der Waals surface area contributed by atoms with Crippen LogP contribution in [0.5, 0.6) is 0 Å². The minimum atomic E-state index is -0.947. The molecule has 0 aliphatic carbocycles. The van der Waals surface area contributed by atoms with Gasteiger partial charge in [-0.25, -0.2) is 9.78 Å². The van der Waals surface area contributed by atoms with Crippen molar-refractivity contribution in [3.8, 4) is 0 Å². The molecule has 1 aromatic heterocycles. The number of pyridine rings is 1. The number of carbonyl (C=O) groups excluding carboxylic acids is 1. The summed E-state index contributed by atoms with van der Waals surface area (Å²) in [6.45, 7) is 0.474. The third-order valence-electron chi connectivity index (χ3n) is 2.89. The van der Waals surface area contributed by atoms with Crippen molar-refractivity contribution < 1.29 is 14.7 Å². The summed E-state index contributed by atoms with van der Waals surface area (Å²) in [6.07, 6.45) is 2.14. The van der Waals surface area contributed by atoms with E-state index in [1.165, 1.54) is 6.20 Å². The summed E-state index contributed by atoms with van der Waals surface area (Å²) in [5, 5.41) is 11.6. The minimum absolute atomic E-state index is 0.183. The second-order valence-corrected chi connectivity index (χ2v) is 5.19. The van der Waals surface area contributed by atoms with Crippen molar-refractivity contribution in [2.75, 3.05) is 6.54 Å². The summed E-state index contributed by atoms with van der Waals surface area (Å²) < 4.78 is 0.678. The number of amides is 1. The van der Waals surface area contributed by atoms with Crippen LogP contribution >= 0.6 is 15.9 Å². The van der Waals surface area contributed by atoms with Gasteiger partial charge in [-0.1, -0.05) is 12.1 Å². The lowest BCUT2D eigenvalue weighted by Gasteiger charge is -2.05. The van der Waals surface area contributed by atoms with Gasteiger partial charge >= 0.3 is 5.97 Å². The van der Waals surface area contributed by atoms with Crippen LogP contribution in [0, 0.1) is 0 Å². The lowest BCUT2D eigenvalue weighted by molar-refractivity contribution is 0.0696. The Hall–Kier alpha value is -2.21. The Kier molecular flexibility index (Phi) is 5.05. The highest BCUT2D eigenvalue weighted by Gasteiger charge is 2.06. The number of nitrogens with one attached hydrogen (secondary N) is 1. The molecule has 0 radical (unpaired) electrons. The molecule has 0 saturated heterocycles. The van der Waals surface area contributed by atoms with Crippen LogP contribution in [0.4, 0.5) is 0 Å². The van der Waals surface area contributed by atoms with Crippen LogP contribution in [0.3, 0.4) is 0 Å². The van der Waals surface area contributed by atoms with Crippen molar-refractivity contribution in [2.45, 2.75) is 6.42 Å². The molecule has 2 aromatic rings. The largest absolute Gasteiger partial charge is 0.478 e. The van der Waals surface area contributed by atoms with Crippen LogP contribution in [0.1, 0.15) is 26.3 Å². The van der Waals surface area contributed by atoms with Gasteiger partial charge in [0.2, 0.25) is 0 Å². The van der Waals surface area contributed by atoms with E-state index in [1.807, 2.05) is 0 Å². The van der Waals surface area contributed by atoms with E-state index < -0.39 is 5.97 Å². The number of aromatic nitrogens is 1. The Balaban J connectivity index is 1.85. The quantitative estimate of drug-likeness (QED) is 0.813. The highest BCUT2D eigenvalue weighted by Crippen LogP contribution is 2.07. The number of carboxylic acid groups (broad SMARTS) is 1. The second-order valence-electron chi connectivity index (χ2n) is 4.38. The molecule has 21 heavy (non-hydrogen) atoms. The number of rotatable bonds is 5. The molecule has 0 aliphatic heterocycles. The molecule has 0 saturated carbocycles. The van der Waals surface area contributed by atoms with E-state index in [0.29, 0.717) is 23.1 Å². The molecule has 2 rings (SSSR count). The van der Waals surface area contributed by atoms with Crippen molar-refractivity contribution in [3.05, 3.63) is 63.9 Å². The molecule has 0 spiro atoms. The van der Waals surface area contributed by atoms with Gasteiger partial charge in [-0.3, -0.25) is 4.79 Å². The lowest BCUT2D eigenvalue weighted by atomic mass is 10.1. The third-order valence-corrected chi connectivity index (χ3v) is 3.36. The molecule has 0 fully saturated rings. The molecule has 0 atom stereocenters. The molecule has 5 nitrogen and oxygen atoms in total. The van der Waals surface area contributed by atoms with Gasteiger partial charge in [0, 0.05) is 12.7 Å². The summed E-state index contributed by atoms with van der Waals surface area (Å²) >= 11 is 3.21. The summed E-state index contributed by atoms with van der Waals surface area (Å²) in [5.41, 5.74) is 1.72. The molecule has 2 N–H and O–H groups in total. The number of aromatic carboxylic acids is 1. The Morgan fingerprint density at radius 2 is 1.76 bits per heavy atom. The molecule has 1 aromatic carbocycles. The summed E-state index contributed by atoms with van der Waals surface area (Å²) in [5.74, 6) is -1.13. The van der Waals surface area contributed by atoms with Gasteiger partial charge in [0.05, 0.1) is 11.1 Å². The minimum Gasteiger partial charge on any atom is -0.478 e. The van der Waals surface area contributed by atoms with Crippen LogP contribution in [0.2, 0.25) is 0 Å². The van der Waals surface area contributed by atoms with Crippen molar-refractivity contribution in [2.24, 2.45) is 0 Å². The van der Waals surface area contributed by atoms with Crippen LogP contribution in [-0.2, 0) is 6.42 Å². The van der Waals surface area contributed by atoms with Gasteiger partial charge in [0.25, 0.3) is 5.91 Å². The fourth-order valence-electron chi connectivity index (χ4n) is 1.75. The number of nitrogens with zero attached hydrogens (tertiary/aromatic N) is 1. The molecule has 0 bridgehead atoms. The van der Waals surface area contributed by atoms with Crippen LogP contribution in [0.25, 0.3) is 0 Å². The maximum absolute atomic E-state index is 11.8. The first-order chi connectivity index (χ1) is 10.1.